The molecule has 0 saturated carbocycles. The number of H-pyrrole nitrogens is 1. The number of nitro benzene ring substituents is 1. The summed E-state index contributed by atoms with van der Waals surface area (Å²) in [6.45, 7) is 1.58. The summed E-state index contributed by atoms with van der Waals surface area (Å²) in [4.78, 5) is 30.7. The van der Waals surface area contributed by atoms with E-state index in [1.165, 1.54) is 19.2 Å². The fourth-order valence-electron chi connectivity index (χ4n) is 3.25. The van der Waals surface area contributed by atoms with Crippen molar-refractivity contribution in [3.05, 3.63) is 80.7 Å². The van der Waals surface area contributed by atoms with Gasteiger partial charge in [0.25, 0.3) is 5.69 Å². The quantitative estimate of drug-likeness (QED) is 0.364. The number of hydrogen-bond acceptors (Lipinski definition) is 7. The van der Waals surface area contributed by atoms with Crippen LogP contribution < -0.4 is 10.2 Å². The number of para-hydroxylation sites is 1. The van der Waals surface area contributed by atoms with Crippen LogP contribution in [0, 0.1) is 17.0 Å². The number of nitrogens with one attached hydrogen (secondary N) is 1. The van der Waals surface area contributed by atoms with E-state index in [0.29, 0.717) is 17.0 Å². The van der Waals surface area contributed by atoms with Crippen LogP contribution in [0.1, 0.15) is 5.76 Å². The Bertz CT molecular complexity index is 1360. The maximum Gasteiger partial charge on any atom is 0.280 e. The molecular weight excluding hydrogens is 402 g/mol. The van der Waals surface area contributed by atoms with Crippen LogP contribution in [0.2, 0.25) is 0 Å². The van der Waals surface area contributed by atoms with Crippen molar-refractivity contribution in [2.75, 3.05) is 7.11 Å². The number of rotatable bonds is 5. The number of aryl methyl sites for hydroxylation is 1. The second-order valence-corrected chi connectivity index (χ2v) is 6.71. The van der Waals surface area contributed by atoms with Gasteiger partial charge in [-0.05, 0) is 25.1 Å². The van der Waals surface area contributed by atoms with Crippen LogP contribution >= 0.6 is 0 Å². The first-order valence-electron chi connectivity index (χ1n) is 9.21. The molecule has 0 aliphatic rings. The third kappa shape index (κ3) is 3.64. The van der Waals surface area contributed by atoms with E-state index >= 15 is 0 Å². The third-order valence-corrected chi connectivity index (χ3v) is 4.68. The summed E-state index contributed by atoms with van der Waals surface area (Å²) in [6, 6.07) is 14.3. The molecule has 0 atom stereocenters. The zero-order valence-electron chi connectivity index (χ0n) is 16.6. The molecule has 2 N–H and O–H groups in total. The summed E-state index contributed by atoms with van der Waals surface area (Å²) in [5.41, 5.74) is 0.624. The Balaban J connectivity index is 2.02. The first-order chi connectivity index (χ1) is 14.9. The molecule has 9 nitrogen and oxygen atoms in total. The number of aromatic nitrogens is 2. The molecule has 0 aliphatic heterocycles. The van der Waals surface area contributed by atoms with Crippen LogP contribution in [0.25, 0.3) is 34.1 Å². The maximum absolute atomic E-state index is 12.1. The number of aromatic hydroxyl groups is 1. The molecule has 2 aromatic carbocycles. The van der Waals surface area contributed by atoms with Gasteiger partial charge in [-0.3, -0.25) is 14.9 Å². The Morgan fingerprint density at radius 1 is 1.16 bits per heavy atom. The van der Waals surface area contributed by atoms with Crippen molar-refractivity contribution in [1.82, 2.24) is 9.97 Å². The summed E-state index contributed by atoms with van der Waals surface area (Å²) in [5.74, 6) is 0.334. The van der Waals surface area contributed by atoms with Crippen LogP contribution in [-0.4, -0.2) is 27.1 Å². The fourth-order valence-corrected chi connectivity index (χ4v) is 3.25. The molecule has 9 heteroatoms. The summed E-state index contributed by atoms with van der Waals surface area (Å²) in [5, 5.41) is 21.9. The molecule has 156 valence electrons. The van der Waals surface area contributed by atoms with Crippen LogP contribution in [-0.2, 0) is 0 Å². The molecule has 0 unspecified atom stereocenters. The number of ether oxygens (including phenoxy) is 1. The number of nitrogens with zero attached hydrogens (tertiary/aromatic N) is 2. The third-order valence-electron chi connectivity index (χ3n) is 4.68. The molecular formula is C22H17N3O6. The average Bonchev–Trinajstić information content (AvgIpc) is 3.21. The number of benzene rings is 2. The number of imidazole rings is 1. The minimum Gasteiger partial charge on any atom is -0.501 e. The summed E-state index contributed by atoms with van der Waals surface area (Å²) >= 11 is 0. The second kappa shape index (κ2) is 7.79. The summed E-state index contributed by atoms with van der Waals surface area (Å²) < 4.78 is 10.9. The number of aromatic amines is 1. The van der Waals surface area contributed by atoms with E-state index < -0.39 is 16.1 Å². The Morgan fingerprint density at radius 2 is 1.94 bits per heavy atom. The minimum atomic E-state index is -0.614. The largest absolute Gasteiger partial charge is 0.501 e. The van der Waals surface area contributed by atoms with Crippen molar-refractivity contribution >= 4 is 5.69 Å². The van der Waals surface area contributed by atoms with E-state index in [9.17, 15) is 20.0 Å². The first kappa shape index (κ1) is 19.9. The van der Waals surface area contributed by atoms with Gasteiger partial charge in [-0.1, -0.05) is 24.3 Å². The summed E-state index contributed by atoms with van der Waals surface area (Å²) in [6.07, 6.45) is 0. The summed E-state index contributed by atoms with van der Waals surface area (Å²) in [7, 11) is 1.52. The molecule has 4 rings (SSSR count). The van der Waals surface area contributed by atoms with Gasteiger partial charge in [0.05, 0.1) is 17.6 Å². The zero-order valence-corrected chi connectivity index (χ0v) is 16.6. The van der Waals surface area contributed by atoms with E-state index in [4.69, 9.17) is 9.15 Å². The van der Waals surface area contributed by atoms with Crippen molar-refractivity contribution in [2.45, 2.75) is 6.92 Å². The molecule has 0 spiro atoms. The molecule has 31 heavy (non-hydrogen) atoms. The lowest BCUT2D eigenvalue weighted by molar-refractivity contribution is -0.384. The monoisotopic (exact) mass is 419 g/mol. The highest BCUT2D eigenvalue weighted by Crippen LogP contribution is 2.38. The van der Waals surface area contributed by atoms with Gasteiger partial charge in [0.1, 0.15) is 28.7 Å². The van der Waals surface area contributed by atoms with Crippen molar-refractivity contribution < 1.29 is 19.2 Å². The minimum absolute atomic E-state index is 0.111. The molecule has 0 amide bonds. The molecule has 0 radical (unpaired) electrons. The Hall–Kier alpha value is -4.40. The van der Waals surface area contributed by atoms with Gasteiger partial charge < -0.3 is 19.2 Å². The van der Waals surface area contributed by atoms with Gasteiger partial charge in [-0.25, -0.2) is 4.98 Å². The molecule has 0 bridgehead atoms. The molecule has 2 heterocycles. The second-order valence-electron chi connectivity index (χ2n) is 6.71. The van der Waals surface area contributed by atoms with Gasteiger partial charge in [0.2, 0.25) is 11.2 Å². The predicted molar refractivity (Wildman–Crippen MR) is 113 cm³/mol. The highest BCUT2D eigenvalue weighted by molar-refractivity contribution is 5.83. The highest BCUT2D eigenvalue weighted by atomic mass is 16.6. The van der Waals surface area contributed by atoms with Crippen molar-refractivity contribution in [3.63, 3.8) is 0 Å². The Morgan fingerprint density at radius 3 is 2.68 bits per heavy atom. The van der Waals surface area contributed by atoms with E-state index in [2.05, 4.69) is 9.97 Å². The number of hydrogen-bond donors (Lipinski definition) is 2. The van der Waals surface area contributed by atoms with Gasteiger partial charge in [0.15, 0.2) is 5.76 Å². The van der Waals surface area contributed by atoms with Crippen molar-refractivity contribution in [1.29, 1.82) is 0 Å². The normalized spacial score (nSPS) is 10.8. The van der Waals surface area contributed by atoms with Gasteiger partial charge >= 0.3 is 0 Å². The van der Waals surface area contributed by atoms with Gasteiger partial charge in [-0.15, -0.1) is 0 Å². The smallest absolute Gasteiger partial charge is 0.280 e. The molecule has 4 aromatic rings. The van der Waals surface area contributed by atoms with Gasteiger partial charge in [0, 0.05) is 17.7 Å². The number of methoxy groups -OCH3 is 1. The SMILES string of the molecule is COc1cccc(-c2nc(-c3ccccc3[N+](=O)[O-])[nH]c2-c2oc(C)cc(=O)c2O)c1. The van der Waals surface area contributed by atoms with Crippen LogP contribution in [0.5, 0.6) is 11.5 Å². The lowest BCUT2D eigenvalue weighted by Crippen LogP contribution is -2.01. The van der Waals surface area contributed by atoms with Crippen molar-refractivity contribution in [3.8, 4) is 45.6 Å². The van der Waals surface area contributed by atoms with Crippen LogP contribution in [0.4, 0.5) is 5.69 Å². The predicted octanol–water partition coefficient (Wildman–Crippen LogP) is 4.29. The number of nitro groups is 1. The first-order valence-corrected chi connectivity index (χ1v) is 9.21. The molecule has 0 aliphatic carbocycles. The lowest BCUT2D eigenvalue weighted by atomic mass is 10.1. The highest BCUT2D eigenvalue weighted by Gasteiger charge is 2.25. The maximum atomic E-state index is 12.1. The topological polar surface area (TPSA) is 131 Å². The van der Waals surface area contributed by atoms with Crippen LogP contribution in [0.3, 0.4) is 0 Å². The standard InChI is InChI=1S/C22H17N3O6/c1-12-10-17(26)20(27)21(31-12)19-18(13-6-5-7-14(11-13)30-2)23-22(24-19)15-8-3-4-9-16(15)25(28)29/h3-11,27H,1-2H3,(H,23,24). The lowest BCUT2D eigenvalue weighted by Gasteiger charge is -2.06. The fraction of sp³-hybridized carbons (Fsp3) is 0.0909. The molecule has 0 fully saturated rings. The van der Waals surface area contributed by atoms with E-state index in [1.54, 1.807) is 49.4 Å². The average molecular weight is 419 g/mol. The van der Waals surface area contributed by atoms with E-state index in [0.717, 1.165) is 0 Å². The molecule has 2 aromatic heterocycles. The van der Waals surface area contributed by atoms with Gasteiger partial charge in [-0.2, -0.15) is 0 Å². The zero-order chi connectivity index (χ0) is 22.1. The Labute approximate surface area is 175 Å². The molecule has 0 saturated heterocycles. The van der Waals surface area contributed by atoms with Crippen LogP contribution in [0.15, 0.2) is 63.8 Å². The van der Waals surface area contributed by atoms with Crippen molar-refractivity contribution in [2.24, 2.45) is 0 Å². The Kier molecular flexibility index (Phi) is 5.00. The van der Waals surface area contributed by atoms with E-state index in [-0.39, 0.29) is 34.3 Å². The van der Waals surface area contributed by atoms with E-state index in [1.807, 2.05) is 0 Å².